The summed E-state index contributed by atoms with van der Waals surface area (Å²) in [4.78, 5) is 9.39. The smallest absolute Gasteiger partial charge is 0.293 e. The lowest BCUT2D eigenvalue weighted by Crippen LogP contribution is -2.08. The molecule has 27 heavy (non-hydrogen) atoms. The molecule has 1 aromatic rings. The summed E-state index contributed by atoms with van der Waals surface area (Å²) in [6.45, 7) is 13.6. The predicted octanol–water partition coefficient (Wildman–Crippen LogP) is 4.52. The molecule has 4 heteroatoms. The van der Waals surface area contributed by atoms with Crippen molar-refractivity contribution in [3.05, 3.63) is 41.5 Å². The van der Waals surface area contributed by atoms with Gasteiger partial charge in [-0.2, -0.15) is 0 Å². The minimum atomic E-state index is 0.0301. The number of nitrogens with one attached hydrogen (secondary N) is 2. The molecule has 1 aromatic carbocycles. The van der Waals surface area contributed by atoms with E-state index in [0.717, 1.165) is 6.54 Å². The van der Waals surface area contributed by atoms with Crippen molar-refractivity contribution in [3.63, 3.8) is 0 Å². The Hall–Kier alpha value is -2.09. The van der Waals surface area contributed by atoms with Gasteiger partial charge in [0.05, 0.1) is 6.10 Å². The Morgan fingerprint density at radius 1 is 1.19 bits per heavy atom. The molecule has 0 unspecified atom stereocenters. The van der Waals surface area contributed by atoms with E-state index >= 15 is 0 Å². The molecule has 154 valence electrons. The van der Waals surface area contributed by atoms with Crippen LogP contribution >= 0.6 is 0 Å². The Labute approximate surface area is 167 Å². The van der Waals surface area contributed by atoms with Gasteiger partial charge >= 0.3 is 0 Å². The molecule has 0 radical (unpaired) electrons. The van der Waals surface area contributed by atoms with Gasteiger partial charge < -0.3 is 15.4 Å². The van der Waals surface area contributed by atoms with Crippen LogP contribution in [0.5, 0.6) is 0 Å². The maximum Gasteiger partial charge on any atom is 0.293 e. The van der Waals surface area contributed by atoms with E-state index in [-0.39, 0.29) is 6.10 Å². The van der Waals surface area contributed by atoms with Crippen LogP contribution in [0.1, 0.15) is 53.0 Å². The Bertz CT molecular complexity index is 442. The normalized spacial score (nSPS) is 11.8. The summed E-state index contributed by atoms with van der Waals surface area (Å²) in [5.41, 5.74) is 2.62. The highest BCUT2D eigenvalue weighted by molar-refractivity contribution is 5.52. The van der Waals surface area contributed by atoms with Gasteiger partial charge in [0, 0.05) is 6.54 Å². The number of rotatable bonds is 5. The van der Waals surface area contributed by atoms with Crippen LogP contribution in [0.4, 0.5) is 0 Å². The average molecular weight is 377 g/mol. The molecule has 1 heterocycles. The first-order chi connectivity index (χ1) is 13.1. The zero-order valence-electron chi connectivity index (χ0n) is 18.1. The molecule has 0 bridgehead atoms. The van der Waals surface area contributed by atoms with E-state index in [1.54, 1.807) is 13.8 Å². The Balaban J connectivity index is -0.000000323. The number of hydrogen-bond donors (Lipinski definition) is 2. The first-order valence-electron chi connectivity index (χ1n) is 9.60. The molecule has 0 atom stereocenters. The van der Waals surface area contributed by atoms with Crippen molar-refractivity contribution in [3.8, 4) is 12.8 Å². The summed E-state index contributed by atoms with van der Waals surface area (Å²) in [5.74, 6) is 0. The lowest BCUT2D eigenvalue weighted by atomic mass is 10.1. The molecule has 0 aromatic heterocycles. The van der Waals surface area contributed by atoms with Gasteiger partial charge in [-0.25, -0.2) is 0 Å². The molecule has 1 fully saturated rings. The quantitative estimate of drug-likeness (QED) is 0.586. The number of ether oxygens (including phenoxy) is 1. The summed E-state index contributed by atoms with van der Waals surface area (Å²) >= 11 is 0. The second kappa shape index (κ2) is 26.1. The van der Waals surface area contributed by atoms with Crippen molar-refractivity contribution >= 4 is 12.5 Å². The number of carbonyl (C=O) groups excluding carboxylic acids is 1. The van der Waals surface area contributed by atoms with E-state index in [1.807, 2.05) is 27.0 Å². The third-order valence-corrected chi connectivity index (χ3v) is 2.95. The average Bonchev–Trinajstić information content (AvgIpc) is 3.26. The van der Waals surface area contributed by atoms with Gasteiger partial charge in [-0.15, -0.1) is 12.8 Å². The van der Waals surface area contributed by atoms with Crippen molar-refractivity contribution in [2.45, 2.75) is 53.6 Å². The molecule has 1 aliphatic rings. The Morgan fingerprint density at radius 2 is 1.70 bits per heavy atom. The van der Waals surface area contributed by atoms with Crippen LogP contribution in [-0.4, -0.2) is 39.3 Å². The summed E-state index contributed by atoms with van der Waals surface area (Å²) in [5, 5.41) is 6.34. The van der Waals surface area contributed by atoms with Gasteiger partial charge in [0.25, 0.3) is 6.47 Å². The zero-order chi connectivity index (χ0) is 21.3. The minimum Gasteiger partial charge on any atom is -0.465 e. The van der Waals surface area contributed by atoms with Crippen molar-refractivity contribution in [1.82, 2.24) is 10.6 Å². The third kappa shape index (κ3) is 26.3. The van der Waals surface area contributed by atoms with Crippen LogP contribution in [0.3, 0.4) is 0 Å². The van der Waals surface area contributed by atoms with E-state index < -0.39 is 0 Å². The Kier molecular flexibility index (Phi) is 28.7. The highest BCUT2D eigenvalue weighted by atomic mass is 16.5. The molecule has 0 aliphatic carbocycles. The van der Waals surface area contributed by atoms with Gasteiger partial charge in [0.1, 0.15) is 0 Å². The number of benzene rings is 1. The van der Waals surface area contributed by atoms with E-state index in [2.05, 4.69) is 65.5 Å². The largest absolute Gasteiger partial charge is 0.465 e. The summed E-state index contributed by atoms with van der Waals surface area (Å²) in [6.07, 6.45) is 13.0. The summed E-state index contributed by atoms with van der Waals surface area (Å²) in [7, 11) is 1.96. The standard InChI is InChI=1S/C11H15N.C4H9N.C4H8O2.C2H6.C2H2/c1-10(9-12-2)8-11-6-4-3-5-7-11;1-2-4-5-3-1;1-4(2)6-3-5;2*1-2/h3-8,12H,9H2,1-2H3;5H,1-4H2;3-4H,1-2H3;1-2H3;1-2H/b10-8+;;;;. The second-order valence-electron chi connectivity index (χ2n) is 5.67. The van der Waals surface area contributed by atoms with Crippen molar-refractivity contribution in [2.24, 2.45) is 0 Å². The fourth-order valence-electron chi connectivity index (χ4n) is 1.90. The highest BCUT2D eigenvalue weighted by Gasteiger charge is 1.93. The monoisotopic (exact) mass is 376 g/mol. The lowest BCUT2D eigenvalue weighted by molar-refractivity contribution is -0.131. The van der Waals surface area contributed by atoms with Crippen LogP contribution in [0, 0.1) is 12.8 Å². The number of terminal acetylenes is 1. The number of carbonyl (C=O) groups is 1. The maximum absolute atomic E-state index is 9.39. The maximum atomic E-state index is 9.39. The zero-order valence-corrected chi connectivity index (χ0v) is 18.1. The first kappa shape index (κ1) is 29.7. The van der Waals surface area contributed by atoms with Crippen molar-refractivity contribution in [2.75, 3.05) is 26.7 Å². The van der Waals surface area contributed by atoms with Crippen LogP contribution in [-0.2, 0) is 9.53 Å². The van der Waals surface area contributed by atoms with Gasteiger partial charge in [0.15, 0.2) is 0 Å². The van der Waals surface area contributed by atoms with E-state index in [4.69, 9.17) is 0 Å². The molecular weight excluding hydrogens is 336 g/mol. The summed E-state index contributed by atoms with van der Waals surface area (Å²) in [6, 6.07) is 10.4. The fourth-order valence-corrected chi connectivity index (χ4v) is 1.90. The van der Waals surface area contributed by atoms with Gasteiger partial charge in [-0.3, -0.25) is 4.79 Å². The first-order valence-corrected chi connectivity index (χ1v) is 9.60. The topological polar surface area (TPSA) is 50.4 Å². The molecular formula is C23H40N2O2. The molecule has 1 aliphatic heterocycles. The van der Waals surface area contributed by atoms with Crippen LogP contribution in [0.15, 0.2) is 35.9 Å². The van der Waals surface area contributed by atoms with E-state index in [1.165, 1.54) is 37.1 Å². The van der Waals surface area contributed by atoms with Crippen LogP contribution in [0.2, 0.25) is 0 Å². The molecule has 0 amide bonds. The number of hydrogen-bond acceptors (Lipinski definition) is 4. The van der Waals surface area contributed by atoms with Gasteiger partial charge in [-0.1, -0.05) is 55.8 Å². The molecule has 2 N–H and O–H groups in total. The van der Waals surface area contributed by atoms with Crippen LogP contribution in [0.25, 0.3) is 6.08 Å². The molecule has 1 saturated heterocycles. The predicted molar refractivity (Wildman–Crippen MR) is 120 cm³/mol. The molecule has 0 spiro atoms. The SMILES string of the molecule is C#C.C1CCNC1.CC.CC(C)OC=O.CNC/C(C)=C/c1ccccc1. The van der Waals surface area contributed by atoms with Crippen LogP contribution < -0.4 is 10.6 Å². The van der Waals surface area contributed by atoms with Gasteiger partial charge in [-0.05, 0) is 59.3 Å². The van der Waals surface area contributed by atoms with Gasteiger partial charge in [0.2, 0.25) is 0 Å². The molecule has 2 rings (SSSR count). The number of likely N-dealkylation sites (N-methyl/N-ethyl adjacent to an activating group) is 1. The third-order valence-electron chi connectivity index (χ3n) is 2.95. The molecule has 4 nitrogen and oxygen atoms in total. The lowest BCUT2D eigenvalue weighted by Gasteiger charge is -1.98. The molecule has 0 saturated carbocycles. The second-order valence-corrected chi connectivity index (χ2v) is 5.67. The minimum absolute atomic E-state index is 0.0301. The Morgan fingerprint density at radius 3 is 2.00 bits per heavy atom. The van der Waals surface area contributed by atoms with Crippen molar-refractivity contribution in [1.29, 1.82) is 0 Å². The van der Waals surface area contributed by atoms with E-state index in [0.29, 0.717) is 6.47 Å². The highest BCUT2D eigenvalue weighted by Crippen LogP contribution is 2.04. The van der Waals surface area contributed by atoms with E-state index in [9.17, 15) is 4.79 Å². The fraction of sp³-hybridized carbons (Fsp3) is 0.522. The summed E-state index contributed by atoms with van der Waals surface area (Å²) < 4.78 is 4.36. The van der Waals surface area contributed by atoms with Crippen molar-refractivity contribution < 1.29 is 9.53 Å².